The van der Waals surface area contributed by atoms with Crippen LogP contribution >= 0.6 is 0 Å². The Morgan fingerprint density at radius 2 is 1.59 bits per heavy atom. The quantitative estimate of drug-likeness (QED) is 0.756. The van der Waals surface area contributed by atoms with Crippen LogP contribution in [0.2, 0.25) is 0 Å². The average molecular weight is 359 g/mol. The fourth-order valence-electron chi connectivity index (χ4n) is 3.25. The molecule has 1 aliphatic heterocycles. The lowest BCUT2D eigenvalue weighted by Crippen LogP contribution is -2.29. The molecule has 1 amide bonds. The predicted octanol–water partition coefficient (Wildman–Crippen LogP) is 4.29. The van der Waals surface area contributed by atoms with Crippen molar-refractivity contribution in [1.29, 1.82) is 0 Å². The summed E-state index contributed by atoms with van der Waals surface area (Å²) < 4.78 is 11.1. The molecular weight excluding hydrogens is 338 g/mol. The van der Waals surface area contributed by atoms with Gasteiger partial charge in [-0.1, -0.05) is 60.2 Å². The molecule has 4 heteroatoms. The third-order valence-electron chi connectivity index (χ3n) is 4.59. The van der Waals surface area contributed by atoms with Gasteiger partial charge in [-0.15, -0.1) is 0 Å². The first kappa shape index (κ1) is 17.2. The molecule has 136 valence electrons. The molecule has 1 aliphatic rings. The van der Waals surface area contributed by atoms with E-state index in [-0.39, 0.29) is 11.9 Å². The minimum Gasteiger partial charge on any atom is -0.486 e. The number of aryl methyl sites for hydroxylation is 1. The molecule has 3 aromatic carbocycles. The molecule has 1 atom stereocenters. The van der Waals surface area contributed by atoms with E-state index in [9.17, 15) is 4.79 Å². The van der Waals surface area contributed by atoms with Crippen LogP contribution in [0, 0.1) is 6.92 Å². The standard InChI is InChI=1S/C23H21NO3/c1-16-6-5-9-18(14-16)22(17-7-3-2-4-8-17)24-23(25)19-10-11-20-21(15-19)27-13-12-26-20/h2-11,14-15,22H,12-13H2,1H3,(H,24,25)/t22-/m1/s1. The van der Waals surface area contributed by atoms with Crippen LogP contribution in [0.25, 0.3) is 0 Å². The van der Waals surface area contributed by atoms with E-state index < -0.39 is 0 Å². The molecule has 0 saturated carbocycles. The lowest BCUT2D eigenvalue weighted by molar-refractivity contribution is 0.0941. The highest BCUT2D eigenvalue weighted by Gasteiger charge is 2.20. The Balaban J connectivity index is 1.64. The van der Waals surface area contributed by atoms with Crippen molar-refractivity contribution in [2.45, 2.75) is 13.0 Å². The predicted molar refractivity (Wildman–Crippen MR) is 104 cm³/mol. The van der Waals surface area contributed by atoms with Gasteiger partial charge in [0.15, 0.2) is 11.5 Å². The summed E-state index contributed by atoms with van der Waals surface area (Å²) in [7, 11) is 0. The number of fused-ring (bicyclic) bond motifs is 1. The number of nitrogens with one attached hydrogen (secondary N) is 1. The van der Waals surface area contributed by atoms with Gasteiger partial charge >= 0.3 is 0 Å². The van der Waals surface area contributed by atoms with Crippen molar-refractivity contribution < 1.29 is 14.3 Å². The summed E-state index contributed by atoms with van der Waals surface area (Å²) in [6, 6.07) is 23.2. The SMILES string of the molecule is Cc1cccc([C@H](NC(=O)c2ccc3c(c2)OCCO3)c2ccccc2)c1. The molecule has 0 saturated heterocycles. The molecule has 0 unspecified atom stereocenters. The summed E-state index contributed by atoms with van der Waals surface area (Å²) in [5.41, 5.74) is 3.79. The van der Waals surface area contributed by atoms with Crippen molar-refractivity contribution in [3.63, 3.8) is 0 Å². The topological polar surface area (TPSA) is 47.6 Å². The number of hydrogen-bond acceptors (Lipinski definition) is 3. The van der Waals surface area contributed by atoms with Crippen LogP contribution in [0.15, 0.2) is 72.8 Å². The van der Waals surface area contributed by atoms with E-state index in [1.165, 1.54) is 0 Å². The summed E-state index contributed by atoms with van der Waals surface area (Å²) in [5, 5.41) is 3.16. The second-order valence-corrected chi connectivity index (χ2v) is 6.59. The number of amides is 1. The van der Waals surface area contributed by atoms with Crippen molar-refractivity contribution in [2.75, 3.05) is 13.2 Å². The van der Waals surface area contributed by atoms with E-state index in [2.05, 4.69) is 11.4 Å². The van der Waals surface area contributed by atoms with E-state index in [0.717, 1.165) is 16.7 Å². The van der Waals surface area contributed by atoms with Gasteiger partial charge in [-0.05, 0) is 36.2 Å². The monoisotopic (exact) mass is 359 g/mol. The fraction of sp³-hybridized carbons (Fsp3) is 0.174. The van der Waals surface area contributed by atoms with Crippen LogP contribution in [0.5, 0.6) is 11.5 Å². The zero-order valence-corrected chi connectivity index (χ0v) is 15.1. The summed E-state index contributed by atoms with van der Waals surface area (Å²) >= 11 is 0. The van der Waals surface area contributed by atoms with Gasteiger partial charge in [-0.25, -0.2) is 0 Å². The Morgan fingerprint density at radius 1 is 0.852 bits per heavy atom. The molecular formula is C23H21NO3. The zero-order valence-electron chi connectivity index (χ0n) is 15.1. The second-order valence-electron chi connectivity index (χ2n) is 6.59. The first-order valence-corrected chi connectivity index (χ1v) is 9.03. The summed E-state index contributed by atoms with van der Waals surface area (Å²) in [6.45, 7) is 3.07. The Kier molecular flexibility index (Phi) is 4.79. The minimum absolute atomic E-state index is 0.151. The molecule has 0 bridgehead atoms. The fourth-order valence-corrected chi connectivity index (χ4v) is 3.25. The minimum atomic E-state index is -0.230. The molecule has 4 rings (SSSR count). The second kappa shape index (κ2) is 7.54. The van der Waals surface area contributed by atoms with E-state index in [4.69, 9.17) is 9.47 Å². The maximum Gasteiger partial charge on any atom is 0.252 e. The molecule has 0 aliphatic carbocycles. The number of carbonyl (C=O) groups excluding carboxylic acids is 1. The Hall–Kier alpha value is -3.27. The zero-order chi connectivity index (χ0) is 18.6. The maximum absolute atomic E-state index is 13.0. The third-order valence-corrected chi connectivity index (χ3v) is 4.59. The normalized spacial score (nSPS) is 13.7. The highest BCUT2D eigenvalue weighted by atomic mass is 16.6. The number of carbonyl (C=O) groups is 1. The van der Waals surface area contributed by atoms with Crippen molar-refractivity contribution in [1.82, 2.24) is 5.32 Å². The van der Waals surface area contributed by atoms with Crippen LogP contribution in [-0.4, -0.2) is 19.1 Å². The molecule has 0 spiro atoms. The molecule has 4 nitrogen and oxygen atoms in total. The van der Waals surface area contributed by atoms with E-state index in [1.54, 1.807) is 18.2 Å². The lowest BCUT2D eigenvalue weighted by Gasteiger charge is -2.22. The maximum atomic E-state index is 13.0. The van der Waals surface area contributed by atoms with Gasteiger partial charge in [0, 0.05) is 5.56 Å². The van der Waals surface area contributed by atoms with Crippen LogP contribution in [0.4, 0.5) is 0 Å². The van der Waals surface area contributed by atoms with Crippen molar-refractivity contribution in [3.05, 3.63) is 95.1 Å². The Labute approximate surface area is 158 Å². The van der Waals surface area contributed by atoms with Gasteiger partial charge in [-0.2, -0.15) is 0 Å². The van der Waals surface area contributed by atoms with Gasteiger partial charge in [0.2, 0.25) is 0 Å². The highest BCUT2D eigenvalue weighted by molar-refractivity contribution is 5.95. The smallest absolute Gasteiger partial charge is 0.252 e. The van der Waals surface area contributed by atoms with Gasteiger partial charge < -0.3 is 14.8 Å². The van der Waals surface area contributed by atoms with Gasteiger partial charge in [0.05, 0.1) is 6.04 Å². The van der Waals surface area contributed by atoms with Crippen molar-refractivity contribution >= 4 is 5.91 Å². The molecule has 0 radical (unpaired) electrons. The van der Waals surface area contributed by atoms with Crippen LogP contribution < -0.4 is 14.8 Å². The number of hydrogen-bond donors (Lipinski definition) is 1. The van der Waals surface area contributed by atoms with E-state index in [1.807, 2.05) is 55.5 Å². The van der Waals surface area contributed by atoms with Crippen molar-refractivity contribution in [2.24, 2.45) is 0 Å². The average Bonchev–Trinajstić information content (AvgIpc) is 2.72. The van der Waals surface area contributed by atoms with Crippen molar-refractivity contribution in [3.8, 4) is 11.5 Å². The summed E-state index contributed by atoms with van der Waals surface area (Å²) in [6.07, 6.45) is 0. The largest absolute Gasteiger partial charge is 0.486 e. The molecule has 3 aromatic rings. The number of benzene rings is 3. The van der Waals surface area contributed by atoms with E-state index >= 15 is 0 Å². The molecule has 1 heterocycles. The lowest BCUT2D eigenvalue weighted by atomic mass is 9.97. The molecule has 27 heavy (non-hydrogen) atoms. The molecule has 1 N–H and O–H groups in total. The van der Waals surface area contributed by atoms with Crippen LogP contribution in [0.3, 0.4) is 0 Å². The number of rotatable bonds is 4. The first-order valence-electron chi connectivity index (χ1n) is 9.03. The molecule has 0 aromatic heterocycles. The Bertz CT molecular complexity index is 953. The highest BCUT2D eigenvalue weighted by Crippen LogP contribution is 2.31. The van der Waals surface area contributed by atoms with Crippen LogP contribution in [-0.2, 0) is 0 Å². The van der Waals surface area contributed by atoms with E-state index in [0.29, 0.717) is 30.3 Å². The van der Waals surface area contributed by atoms with Gasteiger partial charge in [0.25, 0.3) is 5.91 Å². The summed E-state index contributed by atoms with van der Waals surface area (Å²) in [4.78, 5) is 13.0. The van der Waals surface area contributed by atoms with Gasteiger partial charge in [-0.3, -0.25) is 4.79 Å². The number of ether oxygens (including phenoxy) is 2. The van der Waals surface area contributed by atoms with Gasteiger partial charge in [0.1, 0.15) is 13.2 Å². The third kappa shape index (κ3) is 3.80. The molecule has 0 fully saturated rings. The summed E-state index contributed by atoms with van der Waals surface area (Å²) in [5.74, 6) is 1.14. The first-order chi connectivity index (χ1) is 13.2. The Morgan fingerprint density at radius 3 is 2.37 bits per heavy atom. The van der Waals surface area contributed by atoms with Crippen LogP contribution in [0.1, 0.15) is 33.1 Å².